The lowest BCUT2D eigenvalue weighted by molar-refractivity contribution is 0.189. The Kier molecular flexibility index (Phi) is 3.99. The molecule has 2 atom stereocenters. The zero-order valence-corrected chi connectivity index (χ0v) is 8.25. The van der Waals surface area contributed by atoms with Crippen LogP contribution >= 0.6 is 0 Å². The van der Waals surface area contributed by atoms with Crippen LogP contribution in [0.5, 0.6) is 0 Å². The first-order chi connectivity index (χ1) is 6.33. The topological polar surface area (TPSA) is 48.0 Å². The molecule has 0 aliphatic carbocycles. The minimum Gasteiger partial charge on any atom is -0.396 e. The maximum atomic E-state index is 9.18. The van der Waals surface area contributed by atoms with Gasteiger partial charge in [-0.3, -0.25) is 0 Å². The number of hydrogen-bond acceptors (Lipinski definition) is 2. The van der Waals surface area contributed by atoms with Crippen LogP contribution in [0.2, 0.25) is 0 Å². The standard InChI is InChI=1S/C10H18N2O/c1-3-8(7-13)10(11-2)9-4-5-12-6-9/h4-6,8,10-13H,3,7H2,1-2H3. The van der Waals surface area contributed by atoms with Gasteiger partial charge in [0.25, 0.3) is 0 Å². The second kappa shape index (κ2) is 5.04. The molecule has 3 nitrogen and oxygen atoms in total. The predicted octanol–water partition coefficient (Wildman–Crippen LogP) is 1.29. The molecule has 0 bridgehead atoms. The quantitative estimate of drug-likeness (QED) is 0.642. The van der Waals surface area contributed by atoms with Crippen LogP contribution in [0.15, 0.2) is 18.5 Å². The fourth-order valence-corrected chi connectivity index (χ4v) is 1.67. The molecule has 3 heteroatoms. The molecule has 1 aromatic heterocycles. The van der Waals surface area contributed by atoms with E-state index < -0.39 is 0 Å². The first kappa shape index (κ1) is 10.3. The molecular weight excluding hydrogens is 164 g/mol. The van der Waals surface area contributed by atoms with E-state index in [1.165, 1.54) is 5.56 Å². The van der Waals surface area contributed by atoms with Crippen molar-refractivity contribution in [2.75, 3.05) is 13.7 Å². The Balaban J connectivity index is 2.72. The highest BCUT2D eigenvalue weighted by Crippen LogP contribution is 2.23. The summed E-state index contributed by atoms with van der Waals surface area (Å²) in [6, 6.07) is 2.29. The number of aromatic amines is 1. The zero-order chi connectivity index (χ0) is 9.68. The summed E-state index contributed by atoms with van der Waals surface area (Å²) in [6.45, 7) is 2.32. The van der Waals surface area contributed by atoms with Crippen molar-refractivity contribution in [2.24, 2.45) is 5.92 Å². The van der Waals surface area contributed by atoms with E-state index >= 15 is 0 Å². The molecule has 0 saturated heterocycles. The first-order valence-electron chi connectivity index (χ1n) is 4.74. The lowest BCUT2D eigenvalue weighted by Gasteiger charge is -2.23. The molecule has 0 aromatic carbocycles. The van der Waals surface area contributed by atoms with Crippen LogP contribution in [0, 0.1) is 5.92 Å². The minimum atomic E-state index is 0.229. The molecule has 2 unspecified atom stereocenters. The van der Waals surface area contributed by atoms with E-state index in [-0.39, 0.29) is 12.6 Å². The average Bonchev–Trinajstić information content (AvgIpc) is 2.66. The van der Waals surface area contributed by atoms with Crippen molar-refractivity contribution in [3.63, 3.8) is 0 Å². The van der Waals surface area contributed by atoms with Crippen LogP contribution in [0.3, 0.4) is 0 Å². The summed E-state index contributed by atoms with van der Waals surface area (Å²) in [7, 11) is 1.93. The Morgan fingerprint density at radius 3 is 2.77 bits per heavy atom. The van der Waals surface area contributed by atoms with Gasteiger partial charge in [0.2, 0.25) is 0 Å². The molecule has 0 radical (unpaired) electrons. The third-order valence-corrected chi connectivity index (χ3v) is 2.52. The number of hydrogen-bond donors (Lipinski definition) is 3. The Morgan fingerprint density at radius 1 is 1.62 bits per heavy atom. The van der Waals surface area contributed by atoms with Crippen LogP contribution in [0.1, 0.15) is 24.9 Å². The maximum absolute atomic E-state index is 9.18. The van der Waals surface area contributed by atoms with Crippen molar-refractivity contribution in [3.8, 4) is 0 Å². The van der Waals surface area contributed by atoms with Gasteiger partial charge in [0.05, 0.1) is 0 Å². The van der Waals surface area contributed by atoms with Gasteiger partial charge in [0.15, 0.2) is 0 Å². The van der Waals surface area contributed by atoms with Gasteiger partial charge in [-0.2, -0.15) is 0 Å². The predicted molar refractivity (Wildman–Crippen MR) is 53.5 cm³/mol. The number of aliphatic hydroxyl groups is 1. The van der Waals surface area contributed by atoms with Crippen molar-refractivity contribution < 1.29 is 5.11 Å². The summed E-state index contributed by atoms with van der Waals surface area (Å²) in [5.41, 5.74) is 1.21. The van der Waals surface area contributed by atoms with Crippen molar-refractivity contribution >= 4 is 0 Å². The zero-order valence-electron chi connectivity index (χ0n) is 8.25. The minimum absolute atomic E-state index is 0.229. The van der Waals surface area contributed by atoms with Gasteiger partial charge in [-0.15, -0.1) is 0 Å². The smallest absolute Gasteiger partial charge is 0.0477 e. The van der Waals surface area contributed by atoms with E-state index in [1.54, 1.807) is 0 Å². The SMILES string of the molecule is CCC(CO)C(NC)c1cc[nH]c1. The van der Waals surface area contributed by atoms with Gasteiger partial charge >= 0.3 is 0 Å². The summed E-state index contributed by atoms with van der Waals surface area (Å²) in [5.74, 6) is 0.292. The van der Waals surface area contributed by atoms with Crippen LogP contribution in [0.4, 0.5) is 0 Å². The lowest BCUT2D eigenvalue weighted by Crippen LogP contribution is -2.26. The molecule has 0 aliphatic heterocycles. The van der Waals surface area contributed by atoms with Crippen LogP contribution in [0.25, 0.3) is 0 Å². The number of H-pyrrole nitrogens is 1. The van der Waals surface area contributed by atoms with Crippen molar-refractivity contribution in [2.45, 2.75) is 19.4 Å². The molecular formula is C10H18N2O. The Morgan fingerprint density at radius 2 is 2.38 bits per heavy atom. The molecule has 3 N–H and O–H groups in total. The average molecular weight is 182 g/mol. The third kappa shape index (κ3) is 2.32. The van der Waals surface area contributed by atoms with E-state index in [2.05, 4.69) is 17.2 Å². The van der Waals surface area contributed by atoms with Gasteiger partial charge in [0.1, 0.15) is 0 Å². The second-order valence-electron chi connectivity index (χ2n) is 3.26. The molecule has 0 aliphatic rings. The van der Waals surface area contributed by atoms with Crippen molar-refractivity contribution in [1.82, 2.24) is 10.3 Å². The van der Waals surface area contributed by atoms with Crippen molar-refractivity contribution in [1.29, 1.82) is 0 Å². The fourth-order valence-electron chi connectivity index (χ4n) is 1.67. The van der Waals surface area contributed by atoms with E-state index in [0.29, 0.717) is 5.92 Å². The molecule has 0 spiro atoms. The van der Waals surface area contributed by atoms with Gasteiger partial charge < -0.3 is 15.4 Å². The highest BCUT2D eigenvalue weighted by atomic mass is 16.3. The fraction of sp³-hybridized carbons (Fsp3) is 0.600. The first-order valence-corrected chi connectivity index (χ1v) is 4.74. The molecule has 0 saturated carbocycles. The van der Waals surface area contributed by atoms with Gasteiger partial charge in [-0.1, -0.05) is 6.92 Å². The van der Waals surface area contributed by atoms with E-state index in [4.69, 9.17) is 0 Å². The van der Waals surface area contributed by atoms with Gasteiger partial charge in [-0.05, 0) is 25.1 Å². The highest BCUT2D eigenvalue weighted by Gasteiger charge is 2.19. The van der Waals surface area contributed by atoms with Crippen LogP contribution in [-0.2, 0) is 0 Å². The number of aliphatic hydroxyl groups excluding tert-OH is 1. The summed E-state index contributed by atoms with van der Waals surface area (Å²) < 4.78 is 0. The summed E-state index contributed by atoms with van der Waals surface area (Å²) in [4.78, 5) is 3.03. The molecule has 0 amide bonds. The third-order valence-electron chi connectivity index (χ3n) is 2.52. The Hall–Kier alpha value is -0.800. The summed E-state index contributed by atoms with van der Waals surface area (Å²) in [5, 5.41) is 12.4. The normalized spacial score (nSPS) is 15.6. The monoisotopic (exact) mass is 182 g/mol. The molecule has 74 valence electrons. The number of aromatic nitrogens is 1. The van der Waals surface area contributed by atoms with E-state index in [1.807, 2.05) is 25.5 Å². The molecule has 1 rings (SSSR count). The summed E-state index contributed by atoms with van der Waals surface area (Å²) >= 11 is 0. The van der Waals surface area contributed by atoms with Gasteiger partial charge in [0, 0.05) is 31.0 Å². The van der Waals surface area contributed by atoms with Gasteiger partial charge in [-0.25, -0.2) is 0 Å². The lowest BCUT2D eigenvalue weighted by atomic mass is 9.93. The van der Waals surface area contributed by atoms with Crippen molar-refractivity contribution in [3.05, 3.63) is 24.0 Å². The second-order valence-corrected chi connectivity index (χ2v) is 3.26. The number of rotatable bonds is 5. The molecule has 1 aromatic rings. The van der Waals surface area contributed by atoms with Crippen LogP contribution in [-0.4, -0.2) is 23.7 Å². The molecule has 1 heterocycles. The van der Waals surface area contributed by atoms with E-state index in [9.17, 15) is 5.11 Å². The van der Waals surface area contributed by atoms with E-state index in [0.717, 1.165) is 6.42 Å². The largest absolute Gasteiger partial charge is 0.396 e. The molecule has 13 heavy (non-hydrogen) atoms. The molecule has 0 fully saturated rings. The summed E-state index contributed by atoms with van der Waals surface area (Å²) in [6.07, 6.45) is 4.86. The number of nitrogens with one attached hydrogen (secondary N) is 2. The Bertz CT molecular complexity index is 217. The Labute approximate surface area is 79.2 Å². The van der Waals surface area contributed by atoms with Crippen LogP contribution < -0.4 is 5.32 Å². The maximum Gasteiger partial charge on any atom is 0.0477 e. The highest BCUT2D eigenvalue weighted by molar-refractivity contribution is 5.14.